The summed E-state index contributed by atoms with van der Waals surface area (Å²) >= 11 is 1.48. The number of thioether (sulfide) groups is 1. The van der Waals surface area contributed by atoms with Gasteiger partial charge in [-0.25, -0.2) is 4.79 Å². The molecule has 3 saturated heterocycles. The van der Waals surface area contributed by atoms with E-state index < -0.39 is 23.7 Å². The fraction of sp³-hybridized carbons (Fsp3) is 0.722. The summed E-state index contributed by atoms with van der Waals surface area (Å²) in [4.78, 5) is 40.7. The molecule has 8 nitrogen and oxygen atoms in total. The smallest absolute Gasteiger partial charge is 0.353 e. The van der Waals surface area contributed by atoms with Crippen LogP contribution in [0.5, 0.6) is 0 Å². The van der Waals surface area contributed by atoms with Crippen LogP contribution in [0.25, 0.3) is 0 Å². The summed E-state index contributed by atoms with van der Waals surface area (Å²) in [6.07, 6.45) is -0.149. The Morgan fingerprint density at radius 3 is 2.59 bits per heavy atom. The van der Waals surface area contributed by atoms with Crippen molar-refractivity contribution in [2.24, 2.45) is 11.8 Å². The summed E-state index contributed by atoms with van der Waals surface area (Å²) < 4.78 is 0. The Hall–Kier alpha value is -1.58. The first-order valence-electron chi connectivity index (χ1n) is 9.28. The summed E-state index contributed by atoms with van der Waals surface area (Å²) in [5, 5.41) is 22.7. The van der Waals surface area contributed by atoms with Gasteiger partial charge in [-0.15, -0.1) is 11.8 Å². The van der Waals surface area contributed by atoms with E-state index in [0.717, 1.165) is 0 Å². The molecule has 0 spiro atoms. The zero-order valence-electron chi connectivity index (χ0n) is 15.8. The molecule has 0 saturated carbocycles. The molecule has 2 amide bonds. The van der Waals surface area contributed by atoms with Crippen molar-refractivity contribution < 1.29 is 24.6 Å². The number of carboxylic acid groups (broad SMARTS) is 1. The highest BCUT2D eigenvalue weighted by atomic mass is 32.2. The van der Waals surface area contributed by atoms with Crippen LogP contribution in [0.15, 0.2) is 10.6 Å². The standard InChI is InChI=1S/C18H25N3O5S/c1-7-12-11(8(2)22)16(24)21(12)13(17(25)26)14(7)27-9-5-10-15(23)19-18(3,4)20(10)6-9/h7-12,22H,5-6H2,1-4H3,(H,19,23)(H,25,26)/t7-,8-,9+,10?,11-,12-/m1/s1. The second-order valence-electron chi connectivity index (χ2n) is 8.46. The molecule has 27 heavy (non-hydrogen) atoms. The highest BCUT2D eigenvalue weighted by Crippen LogP contribution is 2.52. The predicted molar refractivity (Wildman–Crippen MR) is 98.3 cm³/mol. The molecule has 0 radical (unpaired) electrons. The molecule has 0 aromatic rings. The Kier molecular flexibility index (Phi) is 4.14. The number of carboxylic acids is 1. The van der Waals surface area contributed by atoms with Crippen LogP contribution in [0.1, 0.15) is 34.1 Å². The van der Waals surface area contributed by atoms with Gasteiger partial charge in [0.25, 0.3) is 0 Å². The minimum Gasteiger partial charge on any atom is -0.477 e. The van der Waals surface area contributed by atoms with Crippen molar-refractivity contribution in [1.82, 2.24) is 15.1 Å². The minimum absolute atomic E-state index is 0.0168. The van der Waals surface area contributed by atoms with Gasteiger partial charge >= 0.3 is 5.97 Å². The number of nitrogens with zero attached hydrogens (tertiary/aromatic N) is 2. The van der Waals surface area contributed by atoms with Crippen LogP contribution < -0.4 is 5.32 Å². The molecule has 0 bridgehead atoms. The zero-order chi connectivity index (χ0) is 19.8. The third-order valence-electron chi connectivity index (χ3n) is 6.32. The number of aliphatic hydroxyl groups excluding tert-OH is 1. The Balaban J connectivity index is 1.58. The summed E-state index contributed by atoms with van der Waals surface area (Å²) in [6, 6.07) is -0.487. The minimum atomic E-state index is -1.11. The number of hydrogen-bond donors (Lipinski definition) is 3. The van der Waals surface area contributed by atoms with Gasteiger partial charge < -0.3 is 20.4 Å². The number of carbonyl (C=O) groups is 3. The number of fused-ring (bicyclic) bond motifs is 2. The van der Waals surface area contributed by atoms with Gasteiger partial charge in [0.2, 0.25) is 11.8 Å². The van der Waals surface area contributed by atoms with E-state index in [1.807, 2.05) is 20.8 Å². The number of rotatable bonds is 4. The van der Waals surface area contributed by atoms with Crippen LogP contribution in [-0.4, -0.2) is 73.4 Å². The number of nitrogens with one attached hydrogen (secondary N) is 1. The SMILES string of the molecule is C[C@@H](O)[C@H]1C(=O)N2C(C(=O)O)=C(S[C@H]3CC4C(=O)NC(C)(C)N4C3)[C@H](C)[C@H]12. The number of aliphatic carboxylic acids is 1. The predicted octanol–water partition coefficient (Wildman–Crippen LogP) is 0.182. The molecular weight excluding hydrogens is 370 g/mol. The van der Waals surface area contributed by atoms with Crippen molar-refractivity contribution in [3.63, 3.8) is 0 Å². The second-order valence-corrected chi connectivity index (χ2v) is 9.81. The van der Waals surface area contributed by atoms with Crippen molar-refractivity contribution in [2.75, 3.05) is 6.54 Å². The number of β-lactam (4-membered cyclic amide) rings is 1. The van der Waals surface area contributed by atoms with Gasteiger partial charge in [-0.3, -0.25) is 14.5 Å². The Bertz CT molecular complexity index is 764. The van der Waals surface area contributed by atoms with Crippen molar-refractivity contribution in [1.29, 1.82) is 0 Å². The van der Waals surface area contributed by atoms with Crippen molar-refractivity contribution in [3.8, 4) is 0 Å². The third-order valence-corrected chi connectivity index (χ3v) is 7.81. The molecule has 4 rings (SSSR count). The van der Waals surface area contributed by atoms with E-state index in [2.05, 4.69) is 10.2 Å². The Labute approximate surface area is 161 Å². The number of carbonyl (C=O) groups excluding carboxylic acids is 2. The molecule has 6 atom stereocenters. The van der Waals surface area contributed by atoms with Crippen LogP contribution >= 0.6 is 11.8 Å². The van der Waals surface area contributed by atoms with Gasteiger partial charge in [0.05, 0.1) is 29.8 Å². The zero-order valence-corrected chi connectivity index (χ0v) is 16.6. The molecule has 0 aromatic carbocycles. The van der Waals surface area contributed by atoms with Crippen LogP contribution in [0.4, 0.5) is 0 Å². The molecule has 3 N–H and O–H groups in total. The lowest BCUT2D eigenvalue weighted by atomic mass is 9.79. The van der Waals surface area contributed by atoms with E-state index in [9.17, 15) is 24.6 Å². The Morgan fingerprint density at radius 2 is 2.04 bits per heavy atom. The monoisotopic (exact) mass is 395 g/mol. The molecule has 9 heteroatoms. The second kappa shape index (κ2) is 5.96. The van der Waals surface area contributed by atoms with Crippen molar-refractivity contribution in [3.05, 3.63) is 10.6 Å². The lowest BCUT2D eigenvalue weighted by Crippen LogP contribution is -2.63. The van der Waals surface area contributed by atoms with Crippen LogP contribution in [0, 0.1) is 11.8 Å². The first kappa shape index (κ1) is 18.8. The maximum absolute atomic E-state index is 12.4. The average Bonchev–Trinajstić information content (AvgIpc) is 3.13. The maximum atomic E-state index is 12.4. The summed E-state index contributed by atoms with van der Waals surface area (Å²) in [5.74, 6) is -2.11. The first-order chi connectivity index (χ1) is 12.5. The largest absolute Gasteiger partial charge is 0.477 e. The van der Waals surface area contributed by atoms with Gasteiger partial charge in [0.1, 0.15) is 5.70 Å². The van der Waals surface area contributed by atoms with E-state index in [-0.39, 0.29) is 40.8 Å². The molecule has 4 heterocycles. The molecule has 4 aliphatic rings. The first-order valence-corrected chi connectivity index (χ1v) is 10.2. The number of aliphatic hydroxyl groups is 1. The van der Waals surface area contributed by atoms with Gasteiger partial charge in [-0.1, -0.05) is 6.92 Å². The van der Waals surface area contributed by atoms with Gasteiger partial charge in [0.15, 0.2) is 0 Å². The quantitative estimate of drug-likeness (QED) is 0.583. The summed E-state index contributed by atoms with van der Waals surface area (Å²) in [7, 11) is 0. The Morgan fingerprint density at radius 1 is 1.37 bits per heavy atom. The fourth-order valence-electron chi connectivity index (χ4n) is 5.06. The molecule has 0 aliphatic carbocycles. The molecule has 3 fully saturated rings. The van der Waals surface area contributed by atoms with Gasteiger partial charge in [-0.05, 0) is 27.2 Å². The molecular formula is C18H25N3O5S. The highest BCUT2D eigenvalue weighted by molar-refractivity contribution is 8.03. The fourth-order valence-corrected chi connectivity index (χ4v) is 6.59. The van der Waals surface area contributed by atoms with E-state index in [1.54, 1.807) is 6.92 Å². The molecule has 4 aliphatic heterocycles. The lowest BCUT2D eigenvalue weighted by molar-refractivity contribution is -0.163. The summed E-state index contributed by atoms with van der Waals surface area (Å²) in [6.45, 7) is 8.11. The lowest BCUT2D eigenvalue weighted by Gasteiger charge is -2.46. The van der Waals surface area contributed by atoms with E-state index in [4.69, 9.17) is 0 Å². The number of hydrogen-bond acceptors (Lipinski definition) is 6. The molecule has 0 aromatic heterocycles. The molecule has 148 valence electrons. The van der Waals surface area contributed by atoms with Gasteiger partial charge in [-0.2, -0.15) is 0 Å². The van der Waals surface area contributed by atoms with Crippen molar-refractivity contribution >= 4 is 29.5 Å². The van der Waals surface area contributed by atoms with Crippen LogP contribution in [0.2, 0.25) is 0 Å². The van der Waals surface area contributed by atoms with E-state index in [0.29, 0.717) is 17.9 Å². The molecule has 1 unspecified atom stereocenters. The van der Waals surface area contributed by atoms with Crippen molar-refractivity contribution in [2.45, 2.75) is 63.2 Å². The topological polar surface area (TPSA) is 110 Å². The normalized spacial score (nSPS) is 38.6. The van der Waals surface area contributed by atoms with Crippen LogP contribution in [0.3, 0.4) is 0 Å². The highest BCUT2D eigenvalue weighted by Gasteiger charge is 2.60. The van der Waals surface area contributed by atoms with E-state index >= 15 is 0 Å². The maximum Gasteiger partial charge on any atom is 0.353 e. The van der Waals surface area contributed by atoms with Gasteiger partial charge in [0, 0.05) is 22.6 Å². The summed E-state index contributed by atoms with van der Waals surface area (Å²) in [5.41, 5.74) is -0.353. The van der Waals surface area contributed by atoms with Crippen LogP contribution in [-0.2, 0) is 14.4 Å². The van der Waals surface area contributed by atoms with E-state index in [1.165, 1.54) is 16.7 Å². The average molecular weight is 395 g/mol. The number of amides is 2. The third kappa shape index (κ3) is 2.55.